The average molecular weight is 642 g/mol. The van der Waals surface area contributed by atoms with Gasteiger partial charge in [0.25, 0.3) is 0 Å². The zero-order valence-electron chi connectivity index (χ0n) is 26.2. The fourth-order valence-electron chi connectivity index (χ4n) is 4.68. The number of hydrogen-bond donors (Lipinski definition) is 3. The van der Waals surface area contributed by atoms with Crippen molar-refractivity contribution >= 4 is 29.4 Å². The molecule has 246 valence electrons. The number of amides is 2. The molecular formula is C34H39F4N5O3. The van der Waals surface area contributed by atoms with Crippen LogP contribution in [0.25, 0.3) is 22.2 Å². The highest BCUT2D eigenvalue weighted by atomic mass is 19.4. The molecule has 0 aliphatic heterocycles. The fraction of sp³-hybridized carbons (Fsp3) is 0.353. The van der Waals surface area contributed by atoms with Gasteiger partial charge in [-0.1, -0.05) is 6.92 Å². The normalized spacial score (nSPS) is 13.0. The van der Waals surface area contributed by atoms with Gasteiger partial charge in [0.2, 0.25) is 12.8 Å². The van der Waals surface area contributed by atoms with Gasteiger partial charge in [0.15, 0.2) is 0 Å². The van der Waals surface area contributed by atoms with Gasteiger partial charge in [0.05, 0.1) is 23.5 Å². The van der Waals surface area contributed by atoms with Crippen molar-refractivity contribution in [2.75, 3.05) is 18.5 Å². The third-order valence-electron chi connectivity index (χ3n) is 6.91. The van der Waals surface area contributed by atoms with Crippen LogP contribution < -0.4 is 21.1 Å². The highest BCUT2D eigenvalue weighted by Crippen LogP contribution is 2.39. The number of hydrogen-bond acceptors (Lipinski definition) is 6. The Morgan fingerprint density at radius 2 is 1.70 bits per heavy atom. The first kappa shape index (κ1) is 35.7. The topological polar surface area (TPSA) is 119 Å². The van der Waals surface area contributed by atoms with Crippen molar-refractivity contribution in [3.8, 4) is 17.0 Å². The summed E-state index contributed by atoms with van der Waals surface area (Å²) in [7, 11) is 0. The van der Waals surface area contributed by atoms with Gasteiger partial charge in [-0.15, -0.1) is 0 Å². The zero-order chi connectivity index (χ0) is 33.9. The van der Waals surface area contributed by atoms with E-state index in [1.54, 1.807) is 6.92 Å². The first-order chi connectivity index (χ1) is 21.9. The Kier molecular flexibility index (Phi) is 12.8. The first-order valence-corrected chi connectivity index (χ1v) is 14.8. The molecule has 0 bridgehead atoms. The smallest absolute Gasteiger partial charge is 0.398 e. The quantitative estimate of drug-likeness (QED) is 0.128. The van der Waals surface area contributed by atoms with Crippen molar-refractivity contribution in [3.63, 3.8) is 0 Å². The van der Waals surface area contributed by atoms with E-state index in [9.17, 15) is 22.4 Å². The third kappa shape index (κ3) is 10.1. The Morgan fingerprint density at radius 3 is 2.28 bits per heavy atom. The number of nitrogens with one attached hydrogen (secondary N) is 2. The molecule has 0 spiro atoms. The van der Waals surface area contributed by atoms with E-state index in [1.807, 2.05) is 13.1 Å². The summed E-state index contributed by atoms with van der Waals surface area (Å²) >= 11 is 0. The lowest BCUT2D eigenvalue weighted by Crippen LogP contribution is -2.32. The zero-order valence-corrected chi connectivity index (χ0v) is 26.2. The molecule has 0 saturated heterocycles. The number of nitrogens with two attached hydrogens (primary N) is 1. The fourth-order valence-corrected chi connectivity index (χ4v) is 4.68. The molecule has 5 rings (SSSR count). The lowest BCUT2D eigenvalue weighted by atomic mass is 9.99. The molecule has 1 unspecified atom stereocenters. The van der Waals surface area contributed by atoms with Crippen molar-refractivity contribution in [1.29, 1.82) is 0 Å². The van der Waals surface area contributed by atoms with Crippen LogP contribution in [-0.2, 0) is 9.59 Å². The highest BCUT2D eigenvalue weighted by molar-refractivity contribution is 5.91. The molecule has 0 radical (unpaired) electrons. The molecule has 1 saturated carbocycles. The van der Waals surface area contributed by atoms with Gasteiger partial charge in [0, 0.05) is 29.7 Å². The molecule has 4 N–H and O–H groups in total. The number of pyridine rings is 2. The van der Waals surface area contributed by atoms with Crippen LogP contribution in [0.4, 0.5) is 23.2 Å². The van der Waals surface area contributed by atoms with Crippen LogP contribution in [-0.4, -0.2) is 48.2 Å². The molecule has 1 aliphatic rings. The number of nitrogens with zero attached hydrogens (tertiary/aromatic N) is 2. The summed E-state index contributed by atoms with van der Waals surface area (Å²) < 4.78 is 59.4. The number of ether oxygens (including phenoxy) is 1. The van der Waals surface area contributed by atoms with Crippen LogP contribution in [0.15, 0.2) is 54.7 Å². The molecule has 12 heteroatoms. The van der Waals surface area contributed by atoms with Gasteiger partial charge < -0.3 is 21.1 Å². The standard InChI is InChI=1S/C19H20F4N2O2.C14H16N2.CH3NO/c1-3-8-27-18-12(2)9-16(15(10-24-11-26)19(21,22)23)25-17(18)13-4-6-14(20)7-5-13;1-9-5-11-6-10(2)8-15-14(11)13(7-9)16-12-3-4-12;2-1-3/h4-7,9,11,15H,3,8,10H2,1-2H3,(H,24,26);5-8,12,16H,3-4H2,1-2H3;1H,(H2,2,3). The van der Waals surface area contributed by atoms with Crippen molar-refractivity contribution in [2.45, 2.75) is 65.1 Å². The Hall–Kier alpha value is -4.74. The van der Waals surface area contributed by atoms with E-state index in [4.69, 9.17) is 9.53 Å². The molecule has 1 fully saturated rings. The van der Waals surface area contributed by atoms with E-state index in [0.717, 1.165) is 5.52 Å². The van der Waals surface area contributed by atoms with Gasteiger partial charge >= 0.3 is 6.18 Å². The average Bonchev–Trinajstić information content (AvgIpc) is 3.81. The molecule has 8 nitrogen and oxygen atoms in total. The summed E-state index contributed by atoms with van der Waals surface area (Å²) in [6.07, 6.45) is 1.10. The summed E-state index contributed by atoms with van der Waals surface area (Å²) in [5, 5.41) is 6.86. The first-order valence-electron chi connectivity index (χ1n) is 14.8. The summed E-state index contributed by atoms with van der Waals surface area (Å²) in [6.45, 7) is 7.49. The van der Waals surface area contributed by atoms with Gasteiger partial charge in [-0.25, -0.2) is 9.37 Å². The van der Waals surface area contributed by atoms with Crippen molar-refractivity contribution in [1.82, 2.24) is 15.3 Å². The van der Waals surface area contributed by atoms with E-state index in [2.05, 4.69) is 58.4 Å². The maximum Gasteiger partial charge on any atom is 0.398 e. The van der Waals surface area contributed by atoms with Crippen molar-refractivity contribution in [2.24, 2.45) is 5.73 Å². The lowest BCUT2D eigenvalue weighted by molar-refractivity contribution is -0.150. The van der Waals surface area contributed by atoms with E-state index >= 15 is 0 Å². The van der Waals surface area contributed by atoms with Gasteiger partial charge in [-0.2, -0.15) is 13.2 Å². The molecule has 46 heavy (non-hydrogen) atoms. The monoisotopic (exact) mass is 641 g/mol. The van der Waals surface area contributed by atoms with Crippen LogP contribution >= 0.6 is 0 Å². The summed E-state index contributed by atoms with van der Waals surface area (Å²) in [5.41, 5.74) is 9.86. The second kappa shape index (κ2) is 16.5. The predicted octanol–water partition coefficient (Wildman–Crippen LogP) is 6.90. The molecule has 1 aliphatic carbocycles. The number of benzene rings is 2. The van der Waals surface area contributed by atoms with E-state index < -0.39 is 24.5 Å². The number of fused-ring (bicyclic) bond motifs is 1. The Bertz CT molecular complexity index is 1600. The van der Waals surface area contributed by atoms with Gasteiger partial charge in [-0.3, -0.25) is 14.6 Å². The number of halogens is 4. The largest absolute Gasteiger partial charge is 0.491 e. The number of aryl methyl sites for hydroxylation is 3. The number of alkyl halides is 3. The summed E-state index contributed by atoms with van der Waals surface area (Å²) in [6, 6.07) is 13.9. The van der Waals surface area contributed by atoms with Gasteiger partial charge in [0.1, 0.15) is 23.2 Å². The molecule has 2 aromatic carbocycles. The molecule has 4 aromatic rings. The van der Waals surface area contributed by atoms with Crippen molar-refractivity contribution in [3.05, 3.63) is 82.9 Å². The van der Waals surface area contributed by atoms with Crippen molar-refractivity contribution < 1.29 is 31.9 Å². The van der Waals surface area contributed by atoms with E-state index in [0.29, 0.717) is 35.9 Å². The highest BCUT2D eigenvalue weighted by Gasteiger charge is 2.42. The number of aromatic nitrogens is 2. The van der Waals surface area contributed by atoms with Crippen LogP contribution in [0, 0.1) is 26.6 Å². The Labute approximate surface area is 265 Å². The minimum atomic E-state index is -4.60. The predicted molar refractivity (Wildman–Crippen MR) is 171 cm³/mol. The number of anilines is 1. The Balaban J connectivity index is 0.000000254. The van der Waals surface area contributed by atoms with Crippen LogP contribution in [0.5, 0.6) is 5.75 Å². The number of carbonyl (C=O) groups is 2. The number of rotatable bonds is 10. The summed E-state index contributed by atoms with van der Waals surface area (Å²) in [5.74, 6) is -2.08. The number of primary amides is 1. The van der Waals surface area contributed by atoms with Gasteiger partial charge in [-0.05, 0) is 105 Å². The molecule has 2 aromatic heterocycles. The number of carbonyl (C=O) groups excluding carboxylic acids is 2. The Morgan fingerprint density at radius 1 is 1.04 bits per heavy atom. The summed E-state index contributed by atoms with van der Waals surface area (Å²) in [4.78, 5) is 27.8. The molecule has 2 heterocycles. The van der Waals surface area contributed by atoms with Crippen LogP contribution in [0.1, 0.15) is 54.5 Å². The minimum absolute atomic E-state index is 0.207. The maximum atomic E-state index is 13.5. The van der Waals surface area contributed by atoms with Crippen LogP contribution in [0.3, 0.4) is 0 Å². The molecule has 2 amide bonds. The minimum Gasteiger partial charge on any atom is -0.491 e. The maximum absolute atomic E-state index is 13.5. The SMILES string of the molecule is CCCOc1c(C)cc(C(CNC=O)C(F)(F)F)nc1-c1ccc(F)cc1.Cc1cnc2c(NC3CC3)cc(C)cc2c1.NC=O. The lowest BCUT2D eigenvalue weighted by Gasteiger charge is -2.22. The van der Waals surface area contributed by atoms with E-state index in [1.165, 1.54) is 65.4 Å². The van der Waals surface area contributed by atoms with E-state index in [-0.39, 0.29) is 24.2 Å². The van der Waals surface area contributed by atoms with Crippen LogP contribution in [0.2, 0.25) is 0 Å². The second-order valence-corrected chi connectivity index (χ2v) is 11.0. The third-order valence-corrected chi connectivity index (χ3v) is 6.91. The molecule has 1 atom stereocenters. The molecular weight excluding hydrogens is 602 g/mol. The second-order valence-electron chi connectivity index (χ2n) is 11.0.